The lowest BCUT2D eigenvalue weighted by Crippen LogP contribution is -1.97. The van der Waals surface area contributed by atoms with Gasteiger partial charge >= 0.3 is 0 Å². The number of hydrogen-bond acceptors (Lipinski definition) is 4. The van der Waals surface area contributed by atoms with Gasteiger partial charge in [0.05, 0.1) is 6.21 Å². The van der Waals surface area contributed by atoms with E-state index in [0.29, 0.717) is 0 Å². The molecular formula is C21H18N4S. The molecule has 0 spiro atoms. The van der Waals surface area contributed by atoms with Crippen LogP contribution in [0, 0.1) is 6.92 Å². The Morgan fingerprint density at radius 3 is 2.58 bits per heavy atom. The third-order valence-electron chi connectivity index (χ3n) is 4.11. The summed E-state index contributed by atoms with van der Waals surface area (Å²) < 4.78 is 1.80. The molecule has 5 heteroatoms. The lowest BCUT2D eigenvalue weighted by molar-refractivity contribution is 0.744. The molecule has 0 fully saturated rings. The Bertz CT molecular complexity index is 1050. The maximum absolute atomic E-state index is 4.64. The van der Waals surface area contributed by atoms with E-state index in [2.05, 4.69) is 51.7 Å². The molecule has 0 atom stereocenters. The van der Waals surface area contributed by atoms with Gasteiger partial charge in [0.25, 0.3) is 0 Å². The minimum Gasteiger partial charge on any atom is -0.192 e. The van der Waals surface area contributed by atoms with Crippen LogP contribution in [-0.4, -0.2) is 21.1 Å². The first kappa shape index (κ1) is 16.5. The molecule has 3 aromatic carbocycles. The summed E-state index contributed by atoms with van der Waals surface area (Å²) in [7, 11) is 0. The molecule has 0 bridgehead atoms. The molecule has 0 aliphatic heterocycles. The molecular weight excluding hydrogens is 340 g/mol. The van der Waals surface area contributed by atoms with Crippen molar-refractivity contribution in [1.82, 2.24) is 14.9 Å². The number of hydrogen-bond donors (Lipinski definition) is 0. The average Bonchev–Trinajstić information content (AvgIpc) is 3.05. The minimum atomic E-state index is 0.775. The Labute approximate surface area is 156 Å². The van der Waals surface area contributed by atoms with E-state index in [-0.39, 0.29) is 0 Å². The molecule has 26 heavy (non-hydrogen) atoms. The molecule has 0 saturated heterocycles. The number of thioether (sulfide) groups is 1. The van der Waals surface area contributed by atoms with E-state index in [1.165, 1.54) is 16.3 Å². The lowest BCUT2D eigenvalue weighted by Gasteiger charge is -2.04. The van der Waals surface area contributed by atoms with Crippen molar-refractivity contribution in [3.8, 4) is 0 Å². The fraction of sp³-hybridized carbons (Fsp3) is 0.0952. The molecule has 0 aliphatic rings. The fourth-order valence-electron chi connectivity index (χ4n) is 2.77. The number of fused-ring (bicyclic) bond motifs is 1. The van der Waals surface area contributed by atoms with Gasteiger partial charge in [-0.15, -0.1) is 10.2 Å². The second-order valence-electron chi connectivity index (χ2n) is 5.93. The van der Waals surface area contributed by atoms with Gasteiger partial charge in [-0.05, 0) is 23.3 Å². The molecule has 0 amide bonds. The van der Waals surface area contributed by atoms with Crippen molar-refractivity contribution in [3.05, 3.63) is 89.7 Å². The van der Waals surface area contributed by atoms with Gasteiger partial charge in [-0.2, -0.15) is 9.78 Å². The summed E-state index contributed by atoms with van der Waals surface area (Å²) >= 11 is 1.64. The quantitative estimate of drug-likeness (QED) is 0.376. The van der Waals surface area contributed by atoms with Crippen molar-refractivity contribution in [2.24, 2.45) is 5.10 Å². The minimum absolute atomic E-state index is 0.775. The molecule has 4 nitrogen and oxygen atoms in total. The maximum atomic E-state index is 4.64. The second-order valence-corrected chi connectivity index (χ2v) is 6.87. The molecule has 0 saturated carbocycles. The highest BCUT2D eigenvalue weighted by Crippen LogP contribution is 2.22. The van der Waals surface area contributed by atoms with E-state index in [9.17, 15) is 0 Å². The van der Waals surface area contributed by atoms with E-state index < -0.39 is 0 Å². The van der Waals surface area contributed by atoms with Gasteiger partial charge < -0.3 is 0 Å². The van der Waals surface area contributed by atoms with Crippen molar-refractivity contribution in [1.29, 1.82) is 0 Å². The van der Waals surface area contributed by atoms with E-state index in [1.54, 1.807) is 16.4 Å². The van der Waals surface area contributed by atoms with Gasteiger partial charge in [-0.1, -0.05) is 84.6 Å². The number of rotatable bonds is 5. The first-order valence-electron chi connectivity index (χ1n) is 8.42. The second kappa shape index (κ2) is 7.54. The molecule has 0 unspecified atom stereocenters. The molecule has 1 heterocycles. The van der Waals surface area contributed by atoms with Crippen LogP contribution < -0.4 is 0 Å². The Morgan fingerprint density at radius 1 is 0.923 bits per heavy atom. The summed E-state index contributed by atoms with van der Waals surface area (Å²) in [6, 6.07) is 24.9. The van der Waals surface area contributed by atoms with Gasteiger partial charge in [0.1, 0.15) is 0 Å². The van der Waals surface area contributed by atoms with Crippen molar-refractivity contribution < 1.29 is 0 Å². The molecule has 0 radical (unpaired) electrons. The molecule has 0 aliphatic carbocycles. The van der Waals surface area contributed by atoms with Crippen molar-refractivity contribution in [2.45, 2.75) is 17.8 Å². The van der Waals surface area contributed by atoms with Crippen LogP contribution in [0.1, 0.15) is 17.0 Å². The predicted octanol–water partition coefficient (Wildman–Crippen LogP) is 4.91. The third-order valence-corrected chi connectivity index (χ3v) is 5.10. The molecule has 4 rings (SSSR count). The van der Waals surface area contributed by atoms with Gasteiger partial charge in [-0.3, -0.25) is 0 Å². The first-order chi connectivity index (χ1) is 12.8. The maximum Gasteiger partial charge on any atom is 0.212 e. The smallest absolute Gasteiger partial charge is 0.192 e. The number of aryl methyl sites for hydroxylation is 1. The summed E-state index contributed by atoms with van der Waals surface area (Å²) in [6.07, 6.45) is 1.88. The van der Waals surface area contributed by atoms with Crippen LogP contribution in [-0.2, 0) is 5.75 Å². The Morgan fingerprint density at radius 2 is 1.69 bits per heavy atom. The number of aromatic nitrogens is 3. The van der Waals surface area contributed by atoms with E-state index in [0.717, 1.165) is 22.3 Å². The highest BCUT2D eigenvalue weighted by atomic mass is 32.2. The Balaban J connectivity index is 1.60. The van der Waals surface area contributed by atoms with Crippen LogP contribution in [0.5, 0.6) is 0 Å². The number of nitrogens with zero attached hydrogens (tertiary/aromatic N) is 4. The Kier molecular flexibility index (Phi) is 4.80. The normalized spacial score (nSPS) is 11.4. The highest BCUT2D eigenvalue weighted by Gasteiger charge is 2.09. The monoisotopic (exact) mass is 358 g/mol. The van der Waals surface area contributed by atoms with Crippen LogP contribution in [0.15, 0.2) is 83.1 Å². The lowest BCUT2D eigenvalue weighted by atomic mass is 10.1. The van der Waals surface area contributed by atoms with Crippen LogP contribution in [0.3, 0.4) is 0 Å². The zero-order valence-electron chi connectivity index (χ0n) is 14.4. The summed E-state index contributed by atoms with van der Waals surface area (Å²) in [6.45, 7) is 1.92. The molecule has 1 aromatic heterocycles. The van der Waals surface area contributed by atoms with Crippen LogP contribution in [0.2, 0.25) is 0 Å². The van der Waals surface area contributed by atoms with E-state index in [1.807, 2.05) is 49.5 Å². The Hall–Kier alpha value is -2.92. The topological polar surface area (TPSA) is 43.1 Å². The summed E-state index contributed by atoms with van der Waals surface area (Å²) in [5.74, 6) is 1.61. The zero-order chi connectivity index (χ0) is 17.8. The largest absolute Gasteiger partial charge is 0.212 e. The van der Waals surface area contributed by atoms with Crippen molar-refractivity contribution in [2.75, 3.05) is 0 Å². The molecule has 4 aromatic rings. The molecule has 0 N–H and O–H groups in total. The average molecular weight is 358 g/mol. The fourth-order valence-corrected chi connectivity index (χ4v) is 3.65. The zero-order valence-corrected chi connectivity index (χ0v) is 15.2. The van der Waals surface area contributed by atoms with Gasteiger partial charge in [0, 0.05) is 11.3 Å². The summed E-state index contributed by atoms with van der Waals surface area (Å²) in [5.41, 5.74) is 2.33. The SMILES string of the molecule is Cc1nnc(SCc2ccccc2)n1/N=C\c1cccc2ccccc12. The van der Waals surface area contributed by atoms with Crippen LogP contribution in [0.25, 0.3) is 10.8 Å². The van der Waals surface area contributed by atoms with Gasteiger partial charge in [0.2, 0.25) is 5.16 Å². The third kappa shape index (κ3) is 3.53. The van der Waals surface area contributed by atoms with Crippen LogP contribution >= 0.6 is 11.8 Å². The summed E-state index contributed by atoms with van der Waals surface area (Å²) in [5, 5.41) is 16.3. The van der Waals surface area contributed by atoms with Gasteiger partial charge in [-0.25, -0.2) is 0 Å². The highest BCUT2D eigenvalue weighted by molar-refractivity contribution is 7.98. The van der Waals surface area contributed by atoms with Crippen LogP contribution in [0.4, 0.5) is 0 Å². The van der Waals surface area contributed by atoms with E-state index in [4.69, 9.17) is 0 Å². The van der Waals surface area contributed by atoms with Gasteiger partial charge in [0.15, 0.2) is 5.82 Å². The number of benzene rings is 3. The van der Waals surface area contributed by atoms with Crippen molar-refractivity contribution >= 4 is 28.7 Å². The summed E-state index contributed by atoms with van der Waals surface area (Å²) in [4.78, 5) is 0. The van der Waals surface area contributed by atoms with Crippen molar-refractivity contribution in [3.63, 3.8) is 0 Å². The first-order valence-corrected chi connectivity index (χ1v) is 9.41. The predicted molar refractivity (Wildman–Crippen MR) is 108 cm³/mol. The van der Waals surface area contributed by atoms with E-state index >= 15 is 0 Å². The standard InChI is InChI=1S/C21H18N4S/c1-16-23-24-21(26-15-17-8-3-2-4-9-17)25(16)22-14-19-12-7-11-18-10-5-6-13-20(18)19/h2-14H,15H2,1H3/b22-14-. The molecule has 128 valence electrons.